The zero-order valence-corrected chi connectivity index (χ0v) is 12.7. The van der Waals surface area contributed by atoms with Crippen LogP contribution >= 0.6 is 0 Å². The fourth-order valence-corrected chi connectivity index (χ4v) is 3.81. The summed E-state index contributed by atoms with van der Waals surface area (Å²) >= 11 is 0. The zero-order valence-electron chi connectivity index (χ0n) is 12.7. The molecular weight excluding hydrogens is 295 g/mol. The number of fused-ring (bicyclic) bond motifs is 2. The molecule has 0 aromatic heterocycles. The molecule has 2 fully saturated rings. The minimum absolute atomic E-state index is 0.0337. The van der Waals surface area contributed by atoms with Crippen molar-refractivity contribution in [3.63, 3.8) is 0 Å². The Labute approximate surface area is 127 Å². The van der Waals surface area contributed by atoms with Crippen LogP contribution in [0, 0.1) is 6.92 Å². The molecule has 2 unspecified atom stereocenters. The van der Waals surface area contributed by atoms with E-state index in [-0.39, 0.29) is 17.6 Å². The van der Waals surface area contributed by atoms with Gasteiger partial charge in [0.15, 0.2) is 0 Å². The van der Waals surface area contributed by atoms with Gasteiger partial charge >= 0.3 is 6.18 Å². The highest BCUT2D eigenvalue weighted by Gasteiger charge is 2.47. The summed E-state index contributed by atoms with van der Waals surface area (Å²) in [4.78, 5) is 2.17. The summed E-state index contributed by atoms with van der Waals surface area (Å²) in [6, 6.07) is 4.14. The molecule has 1 aromatic carbocycles. The number of rotatable bonds is 1. The maximum Gasteiger partial charge on any atom is 0.416 e. The van der Waals surface area contributed by atoms with Crippen molar-refractivity contribution in [2.75, 3.05) is 20.3 Å². The van der Waals surface area contributed by atoms with Gasteiger partial charge in [0.2, 0.25) is 0 Å². The minimum Gasteiger partial charge on any atom is -0.385 e. The number of likely N-dealkylation sites (N-methyl/N-ethyl adjacent to an activating group) is 1. The van der Waals surface area contributed by atoms with Crippen LogP contribution in [0.3, 0.4) is 0 Å². The molecule has 0 saturated carbocycles. The third-order valence-corrected chi connectivity index (χ3v) is 5.06. The average molecular weight is 315 g/mol. The quantitative estimate of drug-likeness (QED) is 0.865. The SMILES string of the molecule is Cc1c(C(F)(F)F)cccc1C1(O)CC2COCC(C1)N2C. The molecule has 6 heteroatoms. The van der Waals surface area contributed by atoms with E-state index >= 15 is 0 Å². The van der Waals surface area contributed by atoms with Gasteiger partial charge in [0.25, 0.3) is 0 Å². The molecule has 3 rings (SSSR count). The average Bonchev–Trinajstić information content (AvgIpc) is 2.39. The van der Waals surface area contributed by atoms with Crippen molar-refractivity contribution in [3.05, 3.63) is 34.9 Å². The molecule has 22 heavy (non-hydrogen) atoms. The predicted molar refractivity (Wildman–Crippen MR) is 75.5 cm³/mol. The number of halogens is 3. The Morgan fingerprint density at radius 1 is 1.23 bits per heavy atom. The molecule has 0 spiro atoms. The van der Waals surface area contributed by atoms with E-state index in [0.717, 1.165) is 6.07 Å². The van der Waals surface area contributed by atoms with Crippen molar-refractivity contribution in [2.24, 2.45) is 0 Å². The molecule has 122 valence electrons. The Morgan fingerprint density at radius 3 is 2.36 bits per heavy atom. The monoisotopic (exact) mass is 315 g/mol. The van der Waals surface area contributed by atoms with Crippen LogP contribution in [-0.4, -0.2) is 42.4 Å². The largest absolute Gasteiger partial charge is 0.416 e. The van der Waals surface area contributed by atoms with Gasteiger partial charge in [-0.2, -0.15) is 13.2 Å². The lowest BCUT2D eigenvalue weighted by molar-refractivity contribution is -0.142. The number of piperidine rings is 1. The molecular formula is C16H20F3NO2. The van der Waals surface area contributed by atoms with E-state index < -0.39 is 17.3 Å². The first-order valence-electron chi connectivity index (χ1n) is 7.42. The lowest BCUT2D eigenvalue weighted by atomic mass is 9.75. The van der Waals surface area contributed by atoms with Gasteiger partial charge in [-0.25, -0.2) is 0 Å². The number of morpholine rings is 1. The minimum atomic E-state index is -4.40. The fourth-order valence-electron chi connectivity index (χ4n) is 3.81. The topological polar surface area (TPSA) is 32.7 Å². The van der Waals surface area contributed by atoms with Crippen LogP contribution < -0.4 is 0 Å². The lowest BCUT2D eigenvalue weighted by Gasteiger charge is -2.50. The second-order valence-electron chi connectivity index (χ2n) is 6.43. The van der Waals surface area contributed by atoms with Crippen LogP contribution in [0.1, 0.15) is 29.5 Å². The smallest absolute Gasteiger partial charge is 0.385 e. The number of benzene rings is 1. The second kappa shape index (κ2) is 5.22. The van der Waals surface area contributed by atoms with Crippen molar-refractivity contribution < 1.29 is 23.0 Å². The van der Waals surface area contributed by atoms with Crippen LogP contribution in [0.5, 0.6) is 0 Å². The van der Waals surface area contributed by atoms with Crippen molar-refractivity contribution >= 4 is 0 Å². The summed E-state index contributed by atoms with van der Waals surface area (Å²) < 4.78 is 44.8. The molecule has 1 aromatic rings. The van der Waals surface area contributed by atoms with Crippen molar-refractivity contribution in [1.82, 2.24) is 4.90 Å². The Balaban J connectivity index is 2.00. The standard InChI is InChI=1S/C16H20F3NO2/c1-10-13(4-3-5-14(10)16(17,18)19)15(21)6-11-8-22-9-12(7-15)20(11)2/h3-5,11-12,21H,6-9H2,1-2H3. The van der Waals surface area contributed by atoms with Gasteiger partial charge < -0.3 is 9.84 Å². The van der Waals surface area contributed by atoms with Gasteiger partial charge in [-0.15, -0.1) is 0 Å². The van der Waals surface area contributed by atoms with Gasteiger partial charge in [-0.05, 0) is 44.0 Å². The van der Waals surface area contributed by atoms with Crippen molar-refractivity contribution in [2.45, 2.75) is 43.6 Å². The summed E-state index contributed by atoms with van der Waals surface area (Å²) in [6.45, 7) is 2.46. The summed E-state index contributed by atoms with van der Waals surface area (Å²) in [6.07, 6.45) is -3.62. The first kappa shape index (κ1) is 15.8. The zero-order chi connectivity index (χ0) is 16.1. The highest BCUT2D eigenvalue weighted by Crippen LogP contribution is 2.43. The van der Waals surface area contributed by atoms with E-state index in [0.29, 0.717) is 31.6 Å². The van der Waals surface area contributed by atoms with Crippen LogP contribution in [0.15, 0.2) is 18.2 Å². The number of aliphatic hydroxyl groups is 1. The predicted octanol–water partition coefficient (Wildman–Crippen LogP) is 2.69. The Kier molecular flexibility index (Phi) is 3.74. The molecule has 0 radical (unpaired) electrons. The molecule has 2 heterocycles. The lowest BCUT2D eigenvalue weighted by Crippen LogP contribution is -2.59. The number of alkyl halides is 3. The molecule has 2 saturated heterocycles. The molecule has 3 nitrogen and oxygen atoms in total. The molecule has 2 atom stereocenters. The van der Waals surface area contributed by atoms with E-state index in [2.05, 4.69) is 4.90 Å². The second-order valence-corrected chi connectivity index (χ2v) is 6.43. The van der Waals surface area contributed by atoms with Crippen LogP contribution in [-0.2, 0) is 16.5 Å². The first-order valence-corrected chi connectivity index (χ1v) is 7.42. The van der Waals surface area contributed by atoms with E-state index in [4.69, 9.17) is 4.74 Å². The van der Waals surface area contributed by atoms with Gasteiger partial charge in [0.05, 0.1) is 24.4 Å². The van der Waals surface area contributed by atoms with E-state index in [1.54, 1.807) is 6.07 Å². The van der Waals surface area contributed by atoms with Gasteiger partial charge in [-0.3, -0.25) is 4.90 Å². The number of nitrogens with zero attached hydrogens (tertiary/aromatic N) is 1. The van der Waals surface area contributed by atoms with Crippen molar-refractivity contribution in [3.8, 4) is 0 Å². The van der Waals surface area contributed by atoms with Gasteiger partial charge in [-0.1, -0.05) is 12.1 Å². The third kappa shape index (κ3) is 2.53. The Bertz CT molecular complexity index is 559. The van der Waals surface area contributed by atoms with Crippen LogP contribution in [0.4, 0.5) is 13.2 Å². The van der Waals surface area contributed by atoms with Crippen LogP contribution in [0.2, 0.25) is 0 Å². The van der Waals surface area contributed by atoms with E-state index in [1.165, 1.54) is 13.0 Å². The highest BCUT2D eigenvalue weighted by molar-refractivity contribution is 5.40. The van der Waals surface area contributed by atoms with Gasteiger partial charge in [0.1, 0.15) is 0 Å². The third-order valence-electron chi connectivity index (χ3n) is 5.06. The fraction of sp³-hybridized carbons (Fsp3) is 0.625. The molecule has 0 aliphatic carbocycles. The molecule has 2 aliphatic heterocycles. The first-order chi connectivity index (χ1) is 10.2. The maximum absolute atomic E-state index is 13.1. The number of hydrogen-bond donors (Lipinski definition) is 1. The Hall–Kier alpha value is -1.11. The maximum atomic E-state index is 13.1. The molecule has 2 bridgehead atoms. The highest BCUT2D eigenvalue weighted by atomic mass is 19.4. The molecule has 2 aliphatic rings. The van der Waals surface area contributed by atoms with Crippen molar-refractivity contribution in [1.29, 1.82) is 0 Å². The molecule has 1 N–H and O–H groups in total. The van der Waals surface area contributed by atoms with Crippen LogP contribution in [0.25, 0.3) is 0 Å². The Morgan fingerprint density at radius 2 is 1.82 bits per heavy atom. The van der Waals surface area contributed by atoms with E-state index in [1.807, 2.05) is 7.05 Å². The summed E-state index contributed by atoms with van der Waals surface area (Å²) in [7, 11) is 1.98. The normalized spacial score (nSPS) is 33.0. The number of hydrogen-bond acceptors (Lipinski definition) is 3. The summed E-state index contributed by atoms with van der Waals surface area (Å²) in [5.74, 6) is 0. The summed E-state index contributed by atoms with van der Waals surface area (Å²) in [5.41, 5.74) is -1.37. The van der Waals surface area contributed by atoms with E-state index in [9.17, 15) is 18.3 Å². The summed E-state index contributed by atoms with van der Waals surface area (Å²) in [5, 5.41) is 11.1. The van der Waals surface area contributed by atoms with Gasteiger partial charge in [0, 0.05) is 12.1 Å². The molecule has 0 amide bonds. The number of ether oxygens (including phenoxy) is 1.